The summed E-state index contributed by atoms with van der Waals surface area (Å²) in [5.74, 6) is -0.943. The Labute approximate surface area is 129 Å². The molecule has 0 aromatic heterocycles. The molecular weight excluding hydrogens is 280 g/mol. The molecule has 0 aliphatic heterocycles. The van der Waals surface area contributed by atoms with Crippen LogP contribution in [0.2, 0.25) is 0 Å². The van der Waals surface area contributed by atoms with E-state index in [1.807, 2.05) is 25.1 Å². The predicted octanol–water partition coefficient (Wildman–Crippen LogP) is 2.76. The van der Waals surface area contributed by atoms with Crippen LogP contribution in [0.15, 0.2) is 48.5 Å². The lowest BCUT2D eigenvalue weighted by Gasteiger charge is -2.14. The summed E-state index contributed by atoms with van der Waals surface area (Å²) < 4.78 is 5.15. The summed E-state index contributed by atoms with van der Waals surface area (Å²) in [5.41, 5.74) is 8.17. The molecule has 0 radical (unpaired) electrons. The lowest BCUT2D eigenvalue weighted by molar-refractivity contribution is -0.123. The Morgan fingerprint density at radius 3 is 2.45 bits per heavy atom. The van der Waals surface area contributed by atoms with Gasteiger partial charge >= 0.3 is 5.97 Å². The van der Waals surface area contributed by atoms with Gasteiger partial charge in [-0.15, -0.1) is 0 Å². The number of carbonyl (C=O) groups is 2. The van der Waals surface area contributed by atoms with Crippen molar-refractivity contribution in [1.82, 2.24) is 0 Å². The Balaban J connectivity index is 1.96. The molecule has 2 aromatic carbocycles. The number of nitrogens with one attached hydrogen (secondary N) is 1. The summed E-state index contributed by atoms with van der Waals surface area (Å²) in [6, 6.07) is 13.7. The standard InChI is InChI=1S/C17H18N2O3/c1-11-4-3-5-15(10-11)19-16(20)12(2)22-17(21)13-6-8-14(18)9-7-13/h3-10,12H,18H2,1-2H3,(H,19,20)/t12-/m1/s1. The molecule has 2 rings (SSSR count). The van der Waals surface area contributed by atoms with Crippen molar-refractivity contribution < 1.29 is 14.3 Å². The normalized spacial score (nSPS) is 11.5. The summed E-state index contributed by atoms with van der Waals surface area (Å²) in [7, 11) is 0. The molecule has 1 amide bonds. The largest absolute Gasteiger partial charge is 0.449 e. The van der Waals surface area contributed by atoms with Crippen molar-refractivity contribution in [3.63, 3.8) is 0 Å². The Morgan fingerprint density at radius 1 is 1.14 bits per heavy atom. The monoisotopic (exact) mass is 298 g/mol. The van der Waals surface area contributed by atoms with Gasteiger partial charge in [0.05, 0.1) is 5.56 Å². The first-order valence-corrected chi connectivity index (χ1v) is 6.90. The van der Waals surface area contributed by atoms with E-state index in [4.69, 9.17) is 10.5 Å². The molecule has 0 saturated carbocycles. The van der Waals surface area contributed by atoms with Gasteiger partial charge in [-0.25, -0.2) is 4.79 Å². The second-order valence-electron chi connectivity index (χ2n) is 5.03. The minimum atomic E-state index is -0.898. The first kappa shape index (κ1) is 15.6. The van der Waals surface area contributed by atoms with Gasteiger partial charge in [-0.1, -0.05) is 12.1 Å². The fourth-order valence-electron chi connectivity index (χ4n) is 1.87. The third-order valence-corrected chi connectivity index (χ3v) is 3.09. The second-order valence-corrected chi connectivity index (χ2v) is 5.03. The molecule has 5 heteroatoms. The Hall–Kier alpha value is -2.82. The maximum atomic E-state index is 12.0. The third-order valence-electron chi connectivity index (χ3n) is 3.09. The molecule has 1 atom stereocenters. The van der Waals surface area contributed by atoms with Crippen molar-refractivity contribution in [1.29, 1.82) is 0 Å². The summed E-state index contributed by atoms with van der Waals surface area (Å²) >= 11 is 0. The van der Waals surface area contributed by atoms with E-state index in [0.29, 0.717) is 16.9 Å². The molecule has 0 aliphatic carbocycles. The lowest BCUT2D eigenvalue weighted by atomic mass is 10.2. The third kappa shape index (κ3) is 4.09. The molecule has 22 heavy (non-hydrogen) atoms. The molecule has 2 aromatic rings. The Morgan fingerprint density at radius 2 is 1.82 bits per heavy atom. The van der Waals surface area contributed by atoms with Crippen molar-refractivity contribution in [3.05, 3.63) is 59.7 Å². The highest BCUT2D eigenvalue weighted by molar-refractivity contribution is 5.97. The number of ether oxygens (including phenoxy) is 1. The quantitative estimate of drug-likeness (QED) is 0.671. The van der Waals surface area contributed by atoms with Crippen molar-refractivity contribution in [2.45, 2.75) is 20.0 Å². The number of carbonyl (C=O) groups excluding carboxylic acids is 2. The number of rotatable bonds is 4. The summed E-state index contributed by atoms with van der Waals surface area (Å²) in [6.45, 7) is 3.46. The average molecular weight is 298 g/mol. The number of hydrogen-bond donors (Lipinski definition) is 2. The average Bonchev–Trinajstić information content (AvgIpc) is 2.47. The minimum Gasteiger partial charge on any atom is -0.449 e. The fraction of sp³-hybridized carbons (Fsp3) is 0.176. The number of anilines is 2. The number of nitrogens with two attached hydrogens (primary N) is 1. The van der Waals surface area contributed by atoms with Gasteiger partial charge < -0.3 is 15.8 Å². The highest BCUT2D eigenvalue weighted by Gasteiger charge is 2.19. The van der Waals surface area contributed by atoms with Crippen LogP contribution >= 0.6 is 0 Å². The SMILES string of the molecule is Cc1cccc(NC(=O)[C@@H](C)OC(=O)c2ccc(N)cc2)c1. The smallest absolute Gasteiger partial charge is 0.338 e. The zero-order valence-corrected chi connectivity index (χ0v) is 12.5. The molecule has 0 spiro atoms. The van der Waals surface area contributed by atoms with Crippen LogP contribution in [0.3, 0.4) is 0 Å². The fourth-order valence-corrected chi connectivity index (χ4v) is 1.87. The van der Waals surface area contributed by atoms with Crippen LogP contribution in [-0.4, -0.2) is 18.0 Å². The van der Waals surface area contributed by atoms with Crippen LogP contribution in [-0.2, 0) is 9.53 Å². The van der Waals surface area contributed by atoms with Gasteiger partial charge in [-0.05, 0) is 55.8 Å². The number of hydrogen-bond acceptors (Lipinski definition) is 4. The van der Waals surface area contributed by atoms with Crippen LogP contribution in [0.25, 0.3) is 0 Å². The zero-order chi connectivity index (χ0) is 16.1. The van der Waals surface area contributed by atoms with Crippen molar-refractivity contribution in [3.8, 4) is 0 Å². The van der Waals surface area contributed by atoms with E-state index in [0.717, 1.165) is 5.56 Å². The highest BCUT2D eigenvalue weighted by atomic mass is 16.5. The van der Waals surface area contributed by atoms with E-state index < -0.39 is 12.1 Å². The van der Waals surface area contributed by atoms with Gasteiger partial charge in [0.25, 0.3) is 5.91 Å². The van der Waals surface area contributed by atoms with Crippen molar-refractivity contribution in [2.75, 3.05) is 11.1 Å². The lowest BCUT2D eigenvalue weighted by Crippen LogP contribution is -2.30. The van der Waals surface area contributed by atoms with Gasteiger partial charge in [-0.3, -0.25) is 4.79 Å². The van der Waals surface area contributed by atoms with Gasteiger partial charge in [0.15, 0.2) is 6.10 Å². The molecule has 0 unspecified atom stereocenters. The first-order valence-electron chi connectivity index (χ1n) is 6.90. The summed E-state index contributed by atoms with van der Waals surface area (Å²) in [4.78, 5) is 24.0. The molecule has 0 aliphatic rings. The molecule has 0 bridgehead atoms. The number of nitrogen functional groups attached to an aromatic ring is 1. The Kier molecular flexibility index (Phi) is 4.78. The summed E-state index contributed by atoms with van der Waals surface area (Å²) in [5, 5.41) is 2.71. The molecule has 114 valence electrons. The van der Waals surface area contributed by atoms with E-state index in [9.17, 15) is 9.59 Å². The number of esters is 1. The van der Waals surface area contributed by atoms with Crippen LogP contribution in [0.1, 0.15) is 22.8 Å². The second kappa shape index (κ2) is 6.76. The molecule has 0 fully saturated rings. The van der Waals surface area contributed by atoms with Crippen molar-refractivity contribution >= 4 is 23.3 Å². The maximum absolute atomic E-state index is 12.0. The van der Waals surface area contributed by atoms with Crippen LogP contribution in [0.4, 0.5) is 11.4 Å². The summed E-state index contributed by atoms with van der Waals surface area (Å²) in [6.07, 6.45) is -0.898. The topological polar surface area (TPSA) is 81.4 Å². The van der Waals surface area contributed by atoms with E-state index >= 15 is 0 Å². The van der Waals surface area contributed by atoms with Crippen LogP contribution in [0, 0.1) is 6.92 Å². The van der Waals surface area contributed by atoms with Crippen LogP contribution in [0.5, 0.6) is 0 Å². The first-order chi connectivity index (χ1) is 10.5. The minimum absolute atomic E-state index is 0.351. The van der Waals surface area contributed by atoms with E-state index in [2.05, 4.69) is 5.32 Å². The molecule has 3 N–H and O–H groups in total. The molecule has 5 nitrogen and oxygen atoms in total. The number of benzene rings is 2. The maximum Gasteiger partial charge on any atom is 0.338 e. The molecular formula is C17H18N2O3. The van der Waals surface area contributed by atoms with E-state index in [-0.39, 0.29) is 5.91 Å². The van der Waals surface area contributed by atoms with Gasteiger partial charge in [0, 0.05) is 11.4 Å². The van der Waals surface area contributed by atoms with E-state index in [1.165, 1.54) is 6.92 Å². The van der Waals surface area contributed by atoms with Gasteiger partial charge in [-0.2, -0.15) is 0 Å². The number of aryl methyl sites for hydroxylation is 1. The molecule has 0 saturated heterocycles. The zero-order valence-electron chi connectivity index (χ0n) is 12.5. The Bertz CT molecular complexity index is 681. The van der Waals surface area contributed by atoms with Gasteiger partial charge in [0.2, 0.25) is 0 Å². The van der Waals surface area contributed by atoms with E-state index in [1.54, 1.807) is 30.3 Å². The van der Waals surface area contributed by atoms with Gasteiger partial charge in [0.1, 0.15) is 0 Å². The highest BCUT2D eigenvalue weighted by Crippen LogP contribution is 2.12. The predicted molar refractivity (Wildman–Crippen MR) is 85.5 cm³/mol. The molecule has 0 heterocycles. The number of amides is 1. The van der Waals surface area contributed by atoms with Crippen molar-refractivity contribution in [2.24, 2.45) is 0 Å². The van der Waals surface area contributed by atoms with Crippen LogP contribution < -0.4 is 11.1 Å².